The highest BCUT2D eigenvalue weighted by Crippen LogP contribution is 2.40. The predicted molar refractivity (Wildman–Crippen MR) is 511 cm³/mol. The molecule has 1 saturated carbocycles. The Morgan fingerprint density at radius 3 is 0.852 bits per heavy atom. The summed E-state index contributed by atoms with van der Waals surface area (Å²) in [7, 11) is 0. The lowest BCUT2D eigenvalue weighted by Gasteiger charge is -2.42. The third-order valence-electron chi connectivity index (χ3n) is 23.7. The molecule has 45 nitrogen and oxygen atoms in total. The molecular formula is C97H99N29O16. The van der Waals surface area contributed by atoms with Gasteiger partial charge in [-0.25, -0.2) is 4.79 Å². The van der Waals surface area contributed by atoms with Crippen molar-refractivity contribution in [3.05, 3.63) is 244 Å². The predicted octanol–water partition coefficient (Wildman–Crippen LogP) is 12.8. The van der Waals surface area contributed by atoms with Gasteiger partial charge in [0.2, 0.25) is 17.7 Å². The van der Waals surface area contributed by atoms with E-state index in [0.29, 0.717) is 144 Å². The number of rotatable bonds is 21. The number of furan rings is 4. The highest BCUT2D eigenvalue weighted by molar-refractivity contribution is 6.07. The van der Waals surface area contributed by atoms with Crippen LogP contribution in [0.1, 0.15) is 134 Å². The molecule has 0 radical (unpaired) electrons. The van der Waals surface area contributed by atoms with Gasteiger partial charge in [0.05, 0.1) is 117 Å². The number of carbonyl (C=O) groups excluding carboxylic acids is 8. The molecule has 142 heavy (non-hydrogen) atoms. The number of hydrogen-bond acceptors (Lipinski definition) is 26. The summed E-state index contributed by atoms with van der Waals surface area (Å²) < 4.78 is 30.1. The fraction of sp³-hybridized carbons (Fsp3) is 0.278. The van der Waals surface area contributed by atoms with E-state index < -0.39 is 28.6 Å². The highest BCUT2D eigenvalue weighted by atomic mass is 16.4. The van der Waals surface area contributed by atoms with E-state index in [4.69, 9.17) is 57.9 Å². The van der Waals surface area contributed by atoms with Crippen LogP contribution in [0.4, 0.5) is 27.5 Å². The van der Waals surface area contributed by atoms with E-state index in [0.717, 1.165) is 61.0 Å². The molecule has 22 rings (SSSR count). The molecule has 0 unspecified atom stereocenters. The number of pyridine rings is 4. The molecule has 728 valence electrons. The van der Waals surface area contributed by atoms with Crippen molar-refractivity contribution in [1.82, 2.24) is 124 Å². The number of nitrogens with zero attached hydrogens (tertiary/aromatic N) is 21. The van der Waals surface area contributed by atoms with Crippen LogP contribution in [-0.2, 0) is 24.0 Å². The van der Waals surface area contributed by atoms with E-state index in [-0.39, 0.29) is 95.7 Å². The monoisotopic (exact) mass is 1930 g/mol. The van der Waals surface area contributed by atoms with Crippen LogP contribution in [0.15, 0.2) is 238 Å². The molecule has 21 heterocycles. The van der Waals surface area contributed by atoms with Gasteiger partial charge in [0.25, 0.3) is 36.6 Å². The molecule has 10 N–H and O–H groups in total. The van der Waals surface area contributed by atoms with Crippen LogP contribution in [0.25, 0.3) is 90.8 Å². The number of aromatic amines is 4. The van der Waals surface area contributed by atoms with E-state index >= 15 is 0 Å². The smallest absolute Gasteiger partial charge is 0.320 e. The van der Waals surface area contributed by atoms with E-state index in [1.54, 1.807) is 157 Å². The van der Waals surface area contributed by atoms with Gasteiger partial charge in [0, 0.05) is 157 Å². The summed E-state index contributed by atoms with van der Waals surface area (Å²) in [6.07, 6.45) is 31.3. The molecule has 0 spiro atoms. The Balaban J connectivity index is 0.000000128. The molecule has 5 saturated heterocycles. The minimum absolute atomic E-state index is 0.0238. The third kappa shape index (κ3) is 22.1. The van der Waals surface area contributed by atoms with Crippen molar-refractivity contribution >= 4 is 83.1 Å². The van der Waals surface area contributed by atoms with Crippen LogP contribution in [-0.4, -0.2) is 260 Å². The van der Waals surface area contributed by atoms with Crippen molar-refractivity contribution in [2.75, 3.05) is 86.7 Å². The fourth-order valence-corrected chi connectivity index (χ4v) is 16.0. The SMILES string of the molecule is CC(C)(C)C(=O)N1CC(n2cc(NC(=O)c3ccc(-c4cn[nH]c4)o3)c(-c3ccccn3)n2)C1.CC(C)(C)C(=O)N1CC(n2cc(NC(=O)c3ccc(-c4cn[nH]c4)o3)c(-c3ccccn3)n2)C1.O=C(Nc1cn(C2CN(C(=O)C3CC3)C2)nc1-c1ccccn1)c1ccc(-c2cn[nH]c2)o1.O=C(Nc1cn(C2CN(C(=O)N3CCCC3)C2)nc1-c1ccccn1)c1ccc(-c2cn[nH]c2)o1.O=CO.O=CO. The topological polar surface area (TPSA) is 566 Å². The molecule has 1 aliphatic carbocycles. The quantitative estimate of drug-likeness (QED) is 0.0299. The van der Waals surface area contributed by atoms with Gasteiger partial charge in [-0.3, -0.25) is 102 Å². The summed E-state index contributed by atoms with van der Waals surface area (Å²) >= 11 is 0. The van der Waals surface area contributed by atoms with Gasteiger partial charge in [-0.15, -0.1) is 0 Å². The summed E-state index contributed by atoms with van der Waals surface area (Å²) in [6, 6.07) is 35.7. The van der Waals surface area contributed by atoms with Gasteiger partial charge in [-0.1, -0.05) is 65.8 Å². The first kappa shape index (κ1) is 95.6. The maximum atomic E-state index is 13.0. The number of likely N-dealkylation sites (tertiary alicyclic amines) is 5. The lowest BCUT2D eigenvalue weighted by atomic mass is 9.92. The summed E-state index contributed by atoms with van der Waals surface area (Å²) in [6.45, 7) is 17.3. The largest absolute Gasteiger partial charge is 0.483 e. The minimum Gasteiger partial charge on any atom is -0.483 e. The van der Waals surface area contributed by atoms with Gasteiger partial charge < -0.3 is 73.6 Å². The number of H-pyrrole nitrogens is 4. The van der Waals surface area contributed by atoms with Crippen molar-refractivity contribution in [3.63, 3.8) is 0 Å². The molecular weight excluding hydrogens is 1830 g/mol. The normalized spacial score (nSPS) is 14.6. The first-order valence-corrected chi connectivity index (χ1v) is 45.4. The van der Waals surface area contributed by atoms with E-state index in [9.17, 15) is 38.4 Å². The summed E-state index contributed by atoms with van der Waals surface area (Å²) in [5, 5.41) is 70.8. The molecule has 0 bridgehead atoms. The van der Waals surface area contributed by atoms with Crippen molar-refractivity contribution in [2.45, 2.75) is 91.4 Å². The Kier molecular flexibility index (Phi) is 28.5. The van der Waals surface area contributed by atoms with Crippen molar-refractivity contribution in [3.8, 4) is 90.8 Å². The molecule has 16 aromatic heterocycles. The second kappa shape index (κ2) is 42.3. The maximum Gasteiger partial charge on any atom is 0.320 e. The second-order valence-electron chi connectivity index (χ2n) is 35.9. The average Bonchev–Trinajstić information content (AvgIpc) is 1.66. The van der Waals surface area contributed by atoms with Crippen LogP contribution in [0.5, 0.6) is 0 Å². The van der Waals surface area contributed by atoms with Crippen molar-refractivity contribution in [1.29, 1.82) is 0 Å². The maximum absolute atomic E-state index is 13.0. The zero-order valence-corrected chi connectivity index (χ0v) is 77.7. The molecule has 6 fully saturated rings. The van der Waals surface area contributed by atoms with Gasteiger partial charge in [0.1, 0.15) is 45.8 Å². The van der Waals surface area contributed by atoms with Crippen LogP contribution in [0.2, 0.25) is 0 Å². The Hall–Kier alpha value is -18.1. The van der Waals surface area contributed by atoms with Crippen molar-refractivity contribution in [2.24, 2.45) is 16.7 Å². The number of carbonyl (C=O) groups is 10. The number of nitrogens with one attached hydrogen (secondary N) is 8. The number of aromatic nitrogens is 20. The molecule has 5 aliphatic heterocycles. The third-order valence-corrected chi connectivity index (χ3v) is 23.7. The molecule has 0 atom stereocenters. The summed E-state index contributed by atoms with van der Waals surface area (Å²) in [4.78, 5) is 145. The van der Waals surface area contributed by atoms with Gasteiger partial charge >= 0.3 is 6.03 Å². The molecule has 0 aromatic carbocycles. The average molecular weight is 1930 g/mol. The zero-order chi connectivity index (χ0) is 99.3. The number of anilines is 4. The Labute approximate surface area is 808 Å². The first-order chi connectivity index (χ1) is 68.7. The van der Waals surface area contributed by atoms with Gasteiger partial charge in [-0.2, -0.15) is 40.8 Å². The van der Waals surface area contributed by atoms with Crippen LogP contribution in [0.3, 0.4) is 0 Å². The van der Waals surface area contributed by atoms with E-state index in [1.165, 1.54) is 0 Å². The number of urea groups is 1. The first-order valence-electron chi connectivity index (χ1n) is 45.4. The Morgan fingerprint density at radius 1 is 0.359 bits per heavy atom. The number of hydrogen-bond donors (Lipinski definition) is 10. The number of carboxylic acid groups (broad SMARTS) is 2. The zero-order valence-electron chi connectivity index (χ0n) is 77.7. The fourth-order valence-electron chi connectivity index (χ4n) is 16.0. The highest BCUT2D eigenvalue weighted by Gasteiger charge is 2.44. The lowest BCUT2D eigenvalue weighted by Crippen LogP contribution is -2.54. The Morgan fingerprint density at radius 2 is 0.620 bits per heavy atom. The summed E-state index contributed by atoms with van der Waals surface area (Å²) in [5.74, 6) is 1.95. The standard InChI is InChI=1S/C24H24N8O3.2C24H25N7O3.C23H21N7O3.2CH2O2/c33-23(21-7-6-20(35-21)16-11-26-27-12-16)28-19-15-32(29-22(19)18-5-1-2-8-25-18)17-13-31(14-17)24(34)30-9-3-4-10-30;2*1-24(2,3)23(33)30-12-16(13-30)31-14-18(21(29-31)17-6-4-5-9-25-17)28-22(32)20-8-7-19(34-20)15-10-26-27-11-15;31-22(20-7-6-19(33-20)15-9-25-26-10-15)27-18-13-30(28-21(18)17-3-1-2-8-24-17)16-11-29(12-16)23(32)14-4-5-14;2*2-1-3/h1-2,5-8,11-12,15,17H,3-4,9-10,13-14H2,(H,26,27)(H,28,33);2*4-11,14,16H,12-13H2,1-3H3,(H,26,27)(H,28,32);1-3,6-10,13-14,16H,4-5,11-12H2,(H,25,26)(H,27,31);2*1H,(H,2,3). The second-order valence-corrected chi connectivity index (χ2v) is 35.9. The van der Waals surface area contributed by atoms with E-state index in [1.807, 2.05) is 148 Å². The summed E-state index contributed by atoms with van der Waals surface area (Å²) in [5.41, 5.74) is 9.05. The minimum atomic E-state index is -0.425. The van der Waals surface area contributed by atoms with Crippen molar-refractivity contribution < 1.29 is 75.8 Å². The van der Waals surface area contributed by atoms with Gasteiger partial charge in [-0.05, 0) is 123 Å². The van der Waals surface area contributed by atoms with Gasteiger partial charge in [0.15, 0.2) is 23.0 Å². The molecule has 6 aliphatic rings. The van der Waals surface area contributed by atoms with Crippen LogP contribution < -0.4 is 21.3 Å². The Bertz CT molecular complexity index is 6820. The lowest BCUT2D eigenvalue weighted by molar-refractivity contribution is -0.146. The molecule has 45 heteroatoms. The van der Waals surface area contributed by atoms with Crippen LogP contribution in [0, 0.1) is 16.7 Å². The molecule has 9 amide bonds. The van der Waals surface area contributed by atoms with Crippen LogP contribution >= 0.6 is 0 Å². The molecule has 16 aromatic rings. The van der Waals surface area contributed by atoms with E-state index in [2.05, 4.69) is 82.0 Å². The number of amides is 9.